The van der Waals surface area contributed by atoms with E-state index >= 15 is 0 Å². The maximum Gasteiger partial charge on any atom is 0.146 e. The Kier molecular flexibility index (Phi) is 4.91. The van der Waals surface area contributed by atoms with Crippen LogP contribution in [0.15, 0.2) is 34.8 Å². The summed E-state index contributed by atoms with van der Waals surface area (Å²) >= 11 is 15.1. The van der Waals surface area contributed by atoms with Gasteiger partial charge < -0.3 is 10.5 Å². The molecule has 2 rings (SSSR count). The van der Waals surface area contributed by atoms with E-state index < -0.39 is 5.82 Å². The van der Waals surface area contributed by atoms with Crippen molar-refractivity contribution in [3.63, 3.8) is 0 Å². The van der Waals surface area contributed by atoms with Crippen molar-refractivity contribution in [1.29, 1.82) is 0 Å². The number of hydrogen-bond donors (Lipinski definition) is 1. The lowest BCUT2D eigenvalue weighted by atomic mass is 10.1. The standard InChI is InChI=1S/C14H11BrCl2FNO/c1-7(19)8-2-3-13(11(17)4-8)20-14-6-12(18)10(16)5-9(14)15/h2-7H,19H2,1H3. The van der Waals surface area contributed by atoms with Crippen LogP contribution in [0.5, 0.6) is 11.5 Å². The van der Waals surface area contributed by atoms with Gasteiger partial charge in [0.25, 0.3) is 0 Å². The molecule has 0 saturated carbocycles. The van der Waals surface area contributed by atoms with Crippen LogP contribution in [0.25, 0.3) is 0 Å². The highest BCUT2D eigenvalue weighted by Crippen LogP contribution is 2.37. The van der Waals surface area contributed by atoms with Crippen LogP contribution in [-0.4, -0.2) is 0 Å². The molecule has 2 aromatic carbocycles. The van der Waals surface area contributed by atoms with Gasteiger partial charge in [0.15, 0.2) is 0 Å². The molecule has 0 radical (unpaired) electrons. The molecular formula is C14H11BrCl2FNO. The summed E-state index contributed by atoms with van der Waals surface area (Å²) in [5.41, 5.74) is 6.67. The van der Waals surface area contributed by atoms with Crippen molar-refractivity contribution in [3.8, 4) is 11.5 Å². The molecule has 0 bridgehead atoms. The van der Waals surface area contributed by atoms with Crippen LogP contribution in [0.4, 0.5) is 4.39 Å². The normalized spacial score (nSPS) is 12.3. The third-order valence-electron chi connectivity index (χ3n) is 2.68. The zero-order chi connectivity index (χ0) is 14.9. The van der Waals surface area contributed by atoms with Crippen LogP contribution in [0.3, 0.4) is 0 Å². The van der Waals surface area contributed by atoms with Gasteiger partial charge in [-0.05, 0) is 46.6 Å². The van der Waals surface area contributed by atoms with Gasteiger partial charge in [0.05, 0.1) is 14.5 Å². The summed E-state index contributed by atoms with van der Waals surface area (Å²) < 4.78 is 19.6. The topological polar surface area (TPSA) is 35.2 Å². The first-order chi connectivity index (χ1) is 9.38. The Balaban J connectivity index is 2.33. The third-order valence-corrected chi connectivity index (χ3v) is 3.88. The summed E-state index contributed by atoms with van der Waals surface area (Å²) in [5, 5.41) is 0.421. The highest BCUT2D eigenvalue weighted by Gasteiger charge is 2.12. The summed E-state index contributed by atoms with van der Waals surface area (Å²) in [6.45, 7) is 1.86. The van der Waals surface area contributed by atoms with Crippen molar-refractivity contribution in [3.05, 3.63) is 56.2 Å². The molecule has 0 aliphatic rings. The zero-order valence-corrected chi connectivity index (χ0v) is 13.6. The van der Waals surface area contributed by atoms with Crippen LogP contribution in [0.1, 0.15) is 18.5 Å². The van der Waals surface area contributed by atoms with Gasteiger partial charge in [0.2, 0.25) is 0 Å². The maximum absolute atomic E-state index is 13.5. The third kappa shape index (κ3) is 3.44. The molecule has 0 spiro atoms. The molecule has 0 heterocycles. The van der Waals surface area contributed by atoms with E-state index in [0.29, 0.717) is 21.0 Å². The molecule has 2 aromatic rings. The molecule has 1 unspecified atom stereocenters. The molecule has 0 fully saturated rings. The Hall–Kier alpha value is -0.810. The largest absolute Gasteiger partial charge is 0.455 e. The Morgan fingerprint density at radius 3 is 2.45 bits per heavy atom. The summed E-state index contributed by atoms with van der Waals surface area (Å²) in [4.78, 5) is 0. The molecule has 0 saturated heterocycles. The highest BCUT2D eigenvalue weighted by molar-refractivity contribution is 9.10. The van der Waals surface area contributed by atoms with Crippen molar-refractivity contribution < 1.29 is 9.13 Å². The van der Waals surface area contributed by atoms with E-state index in [1.807, 2.05) is 13.0 Å². The number of benzene rings is 2. The first kappa shape index (κ1) is 15.6. The van der Waals surface area contributed by atoms with Crippen molar-refractivity contribution in [2.75, 3.05) is 0 Å². The Labute approximate surface area is 134 Å². The fraction of sp³-hybridized carbons (Fsp3) is 0.143. The fourth-order valence-electron chi connectivity index (χ4n) is 1.58. The second-order valence-electron chi connectivity index (χ2n) is 4.28. The lowest BCUT2D eigenvalue weighted by Crippen LogP contribution is -2.04. The summed E-state index contributed by atoms with van der Waals surface area (Å²) in [5.74, 6) is 0.147. The van der Waals surface area contributed by atoms with Crippen LogP contribution < -0.4 is 10.5 Å². The van der Waals surface area contributed by atoms with E-state index in [-0.39, 0.29) is 11.1 Å². The lowest BCUT2D eigenvalue weighted by Gasteiger charge is -2.12. The predicted molar refractivity (Wildman–Crippen MR) is 83.2 cm³/mol. The average molecular weight is 379 g/mol. The summed E-state index contributed by atoms with van der Waals surface area (Å²) in [7, 11) is 0. The van der Waals surface area contributed by atoms with Gasteiger partial charge in [-0.3, -0.25) is 0 Å². The second kappa shape index (κ2) is 6.31. The molecule has 2 nitrogen and oxygen atoms in total. The summed E-state index contributed by atoms with van der Waals surface area (Å²) in [6, 6.07) is 7.73. The van der Waals surface area contributed by atoms with E-state index in [1.165, 1.54) is 12.1 Å². The van der Waals surface area contributed by atoms with Crippen molar-refractivity contribution in [2.45, 2.75) is 13.0 Å². The van der Waals surface area contributed by atoms with Crippen LogP contribution >= 0.6 is 39.1 Å². The molecule has 6 heteroatoms. The van der Waals surface area contributed by atoms with Crippen molar-refractivity contribution in [1.82, 2.24) is 0 Å². The minimum Gasteiger partial charge on any atom is -0.455 e. The number of nitrogens with two attached hydrogens (primary N) is 1. The highest BCUT2D eigenvalue weighted by atomic mass is 79.9. The fourth-order valence-corrected chi connectivity index (χ4v) is 2.53. The Morgan fingerprint density at radius 2 is 1.85 bits per heavy atom. The van der Waals surface area contributed by atoms with Gasteiger partial charge in [0, 0.05) is 12.1 Å². The smallest absolute Gasteiger partial charge is 0.146 e. The van der Waals surface area contributed by atoms with Crippen molar-refractivity contribution >= 4 is 39.1 Å². The van der Waals surface area contributed by atoms with Gasteiger partial charge in [-0.25, -0.2) is 4.39 Å². The van der Waals surface area contributed by atoms with E-state index in [9.17, 15) is 4.39 Å². The maximum atomic E-state index is 13.5. The monoisotopic (exact) mass is 377 g/mol. The van der Waals surface area contributed by atoms with Crippen LogP contribution in [0.2, 0.25) is 10.0 Å². The number of ether oxygens (including phenoxy) is 1. The van der Waals surface area contributed by atoms with Gasteiger partial charge in [-0.1, -0.05) is 29.3 Å². The number of rotatable bonds is 3. The minimum absolute atomic E-state index is 0.0163. The van der Waals surface area contributed by atoms with Gasteiger partial charge in [-0.15, -0.1) is 0 Å². The zero-order valence-electron chi connectivity index (χ0n) is 10.5. The van der Waals surface area contributed by atoms with Gasteiger partial charge >= 0.3 is 0 Å². The lowest BCUT2D eigenvalue weighted by molar-refractivity contribution is 0.473. The molecule has 1 atom stereocenters. The molecule has 0 amide bonds. The first-order valence-electron chi connectivity index (χ1n) is 5.76. The number of hydrogen-bond acceptors (Lipinski definition) is 2. The Morgan fingerprint density at radius 1 is 1.15 bits per heavy atom. The van der Waals surface area contributed by atoms with Crippen molar-refractivity contribution in [2.24, 2.45) is 5.73 Å². The molecule has 0 aliphatic heterocycles. The van der Waals surface area contributed by atoms with Crippen LogP contribution in [-0.2, 0) is 0 Å². The first-order valence-corrected chi connectivity index (χ1v) is 7.31. The quantitative estimate of drug-likeness (QED) is 0.694. The van der Waals surface area contributed by atoms with E-state index in [0.717, 1.165) is 5.56 Å². The van der Waals surface area contributed by atoms with E-state index in [4.69, 9.17) is 33.7 Å². The molecule has 0 aromatic heterocycles. The molecule has 20 heavy (non-hydrogen) atoms. The van der Waals surface area contributed by atoms with E-state index in [1.54, 1.807) is 12.1 Å². The Bertz CT molecular complexity index is 649. The van der Waals surface area contributed by atoms with Gasteiger partial charge in [0.1, 0.15) is 17.3 Å². The SMILES string of the molecule is CC(N)c1ccc(Oc2cc(F)c(Cl)cc2Br)c(Cl)c1. The number of halogens is 4. The van der Waals surface area contributed by atoms with E-state index in [2.05, 4.69) is 15.9 Å². The molecule has 106 valence electrons. The van der Waals surface area contributed by atoms with Crippen LogP contribution in [0, 0.1) is 5.82 Å². The van der Waals surface area contributed by atoms with Gasteiger partial charge in [-0.2, -0.15) is 0 Å². The molecule has 2 N–H and O–H groups in total. The molecular weight excluding hydrogens is 368 g/mol. The minimum atomic E-state index is -0.562. The average Bonchev–Trinajstić information content (AvgIpc) is 2.37. The predicted octanol–water partition coefficient (Wildman–Crippen LogP) is 5.71. The molecule has 0 aliphatic carbocycles. The second-order valence-corrected chi connectivity index (χ2v) is 5.95. The summed E-state index contributed by atoms with van der Waals surface area (Å²) in [6.07, 6.45) is 0.